The van der Waals surface area contributed by atoms with Crippen molar-refractivity contribution in [3.05, 3.63) is 0 Å². The van der Waals surface area contributed by atoms with Gasteiger partial charge in [-0.15, -0.1) is 0 Å². The van der Waals surface area contributed by atoms with Gasteiger partial charge in [-0.2, -0.15) is 0 Å². The van der Waals surface area contributed by atoms with Gasteiger partial charge in [-0.05, 0) is 0 Å². The van der Waals surface area contributed by atoms with Gasteiger partial charge in [-0.1, -0.05) is 0 Å². The topological polar surface area (TPSA) is 112 Å². The predicted octanol–water partition coefficient (Wildman–Crippen LogP) is -0.498. The van der Waals surface area contributed by atoms with Crippen LogP contribution in [0.25, 0.3) is 0 Å². The number of hydrogen-bond donors (Lipinski definition) is 0. The normalized spacial score (nSPS) is 37.3. The Bertz CT molecular complexity index is 608. The molecule has 6 unspecified atom stereocenters. The molecule has 1 saturated carbocycles. The van der Waals surface area contributed by atoms with Crippen LogP contribution in [0.15, 0.2) is 0 Å². The van der Waals surface area contributed by atoms with Crippen molar-refractivity contribution in [2.45, 2.75) is 50.3 Å². The van der Waals surface area contributed by atoms with Gasteiger partial charge in [0.15, 0.2) is 24.4 Å². The van der Waals surface area contributed by atoms with Gasteiger partial charge in [-0.25, -0.2) is 9.59 Å². The summed E-state index contributed by atoms with van der Waals surface area (Å²) in [4.78, 5) is 49.5. The van der Waals surface area contributed by atoms with Crippen molar-refractivity contribution in [2.24, 2.45) is 0 Å². The molecule has 2 aliphatic heterocycles. The van der Waals surface area contributed by atoms with Crippen LogP contribution in [0.2, 0.25) is 0 Å². The van der Waals surface area contributed by atoms with E-state index in [4.69, 9.17) is 18.9 Å². The van der Waals surface area contributed by atoms with Crippen molar-refractivity contribution in [1.82, 2.24) is 9.80 Å². The number of carbonyl (C=O) groups is 4. The summed E-state index contributed by atoms with van der Waals surface area (Å²) in [5.41, 5.74) is 0. The fourth-order valence-electron chi connectivity index (χ4n) is 3.61. The van der Waals surface area contributed by atoms with E-state index in [9.17, 15) is 19.2 Å². The van der Waals surface area contributed by atoms with Gasteiger partial charge in [-0.3, -0.25) is 9.59 Å². The van der Waals surface area contributed by atoms with Crippen molar-refractivity contribution in [3.8, 4) is 0 Å². The van der Waals surface area contributed by atoms with Crippen molar-refractivity contribution in [2.75, 3.05) is 14.1 Å². The van der Waals surface area contributed by atoms with Crippen molar-refractivity contribution < 1.29 is 38.1 Å². The predicted molar refractivity (Wildman–Crippen MR) is 74.7 cm³/mol. The molecule has 10 heteroatoms. The fourth-order valence-corrected chi connectivity index (χ4v) is 3.61. The summed E-state index contributed by atoms with van der Waals surface area (Å²) in [5, 5.41) is 0. The number of likely N-dealkylation sites (N-methyl/N-ethyl adjacent to an activating group) is 2. The molecule has 1 aliphatic carbocycles. The van der Waals surface area contributed by atoms with E-state index in [1.165, 1.54) is 37.7 Å². The fraction of sp³-hybridized carbons (Fsp3) is 0.714. The molecule has 0 bridgehead atoms. The summed E-state index contributed by atoms with van der Waals surface area (Å²) in [6, 6.07) is -1.35. The zero-order valence-electron chi connectivity index (χ0n) is 13.6. The summed E-state index contributed by atoms with van der Waals surface area (Å²) in [6.45, 7) is 2.41. The second kappa shape index (κ2) is 5.53. The second-order valence-electron chi connectivity index (χ2n) is 6.05. The Kier molecular flexibility index (Phi) is 3.77. The van der Waals surface area contributed by atoms with E-state index in [2.05, 4.69) is 0 Å². The van der Waals surface area contributed by atoms with Crippen LogP contribution in [-0.2, 0) is 28.5 Å². The largest absolute Gasteiger partial charge is 0.456 e. The third kappa shape index (κ3) is 2.33. The van der Waals surface area contributed by atoms with Crippen LogP contribution >= 0.6 is 0 Å². The average Bonchev–Trinajstić information content (AvgIpc) is 2.92. The van der Waals surface area contributed by atoms with Gasteiger partial charge in [0.2, 0.25) is 0 Å². The molecule has 0 N–H and O–H groups in total. The molecule has 0 spiro atoms. The SMILES string of the molecule is CC(=O)OC1C(OC(C)=O)C2C(OC(=O)N2C)C2C1OC(=O)N2C. The monoisotopic (exact) mass is 342 g/mol. The van der Waals surface area contributed by atoms with Gasteiger partial charge >= 0.3 is 24.1 Å². The summed E-state index contributed by atoms with van der Waals surface area (Å²) >= 11 is 0. The Morgan fingerprint density at radius 1 is 0.833 bits per heavy atom. The van der Waals surface area contributed by atoms with E-state index in [-0.39, 0.29) is 0 Å². The molecular weight excluding hydrogens is 324 g/mol. The molecule has 3 fully saturated rings. The standard InChI is InChI=1S/C14H18N2O8/c1-5(17)21-10-7-9(23-13(19)15(7)3)8-11(12(10)22-6(2)18)24-14(20)16(8)4/h7-12H,1-4H3. The summed E-state index contributed by atoms with van der Waals surface area (Å²) in [5.74, 6) is -1.23. The Balaban J connectivity index is 2.04. The molecule has 0 aromatic carbocycles. The van der Waals surface area contributed by atoms with Crippen LogP contribution in [-0.4, -0.2) is 84.5 Å². The molecule has 132 valence electrons. The highest BCUT2D eigenvalue weighted by Gasteiger charge is 2.66. The Labute approximate surface area is 137 Å². The molecule has 3 rings (SSSR count). The molecule has 0 aromatic heterocycles. The van der Waals surface area contributed by atoms with E-state index < -0.39 is 60.6 Å². The second-order valence-corrected chi connectivity index (χ2v) is 6.05. The lowest BCUT2D eigenvalue weighted by atomic mass is 9.81. The number of esters is 2. The van der Waals surface area contributed by atoms with Gasteiger partial charge < -0.3 is 28.7 Å². The first-order valence-corrected chi connectivity index (χ1v) is 7.43. The van der Waals surface area contributed by atoms with E-state index in [1.54, 1.807) is 0 Å². The lowest BCUT2D eigenvalue weighted by Crippen LogP contribution is -2.67. The Hall–Kier alpha value is -2.52. The lowest BCUT2D eigenvalue weighted by molar-refractivity contribution is -0.192. The highest BCUT2D eigenvalue weighted by molar-refractivity contribution is 5.75. The van der Waals surface area contributed by atoms with Crippen LogP contribution in [0.3, 0.4) is 0 Å². The quantitative estimate of drug-likeness (QED) is 0.488. The number of nitrogens with zero attached hydrogens (tertiary/aromatic N) is 2. The van der Waals surface area contributed by atoms with Crippen molar-refractivity contribution in [3.63, 3.8) is 0 Å². The van der Waals surface area contributed by atoms with E-state index in [1.807, 2.05) is 0 Å². The Morgan fingerprint density at radius 3 is 1.83 bits per heavy atom. The molecule has 24 heavy (non-hydrogen) atoms. The van der Waals surface area contributed by atoms with Crippen LogP contribution < -0.4 is 0 Å². The lowest BCUT2D eigenvalue weighted by Gasteiger charge is -2.44. The molecule has 10 nitrogen and oxygen atoms in total. The minimum absolute atomic E-state index is 0.611. The van der Waals surface area contributed by atoms with Crippen molar-refractivity contribution >= 4 is 24.1 Å². The van der Waals surface area contributed by atoms with E-state index in [0.717, 1.165) is 0 Å². The summed E-state index contributed by atoms with van der Waals surface area (Å²) in [6.07, 6.45) is -4.96. The summed E-state index contributed by atoms with van der Waals surface area (Å²) in [7, 11) is 3.00. The van der Waals surface area contributed by atoms with Gasteiger partial charge in [0, 0.05) is 27.9 Å². The van der Waals surface area contributed by atoms with Gasteiger partial charge in [0.1, 0.15) is 12.1 Å². The molecule has 2 heterocycles. The molecule has 0 radical (unpaired) electrons. The first kappa shape index (κ1) is 16.3. The maximum atomic E-state index is 12.0. The third-order valence-electron chi connectivity index (χ3n) is 4.54. The van der Waals surface area contributed by atoms with Crippen LogP contribution in [0, 0.1) is 0 Å². The zero-order chi connectivity index (χ0) is 17.8. The molecular formula is C14H18N2O8. The number of rotatable bonds is 2. The highest BCUT2D eigenvalue weighted by Crippen LogP contribution is 2.41. The number of amides is 2. The van der Waals surface area contributed by atoms with Crippen LogP contribution in [0.4, 0.5) is 9.59 Å². The number of hydrogen-bond acceptors (Lipinski definition) is 8. The minimum atomic E-state index is -1.04. The number of fused-ring (bicyclic) bond motifs is 3. The maximum Gasteiger partial charge on any atom is 0.410 e. The number of carbonyl (C=O) groups excluding carboxylic acids is 4. The first-order chi connectivity index (χ1) is 11.2. The third-order valence-corrected chi connectivity index (χ3v) is 4.54. The highest BCUT2D eigenvalue weighted by atomic mass is 16.6. The molecule has 0 aromatic rings. The minimum Gasteiger partial charge on any atom is -0.456 e. The van der Waals surface area contributed by atoms with Gasteiger partial charge in [0.05, 0.1) is 0 Å². The average molecular weight is 342 g/mol. The Morgan fingerprint density at radius 2 is 1.29 bits per heavy atom. The van der Waals surface area contributed by atoms with E-state index in [0.29, 0.717) is 0 Å². The van der Waals surface area contributed by atoms with Crippen LogP contribution in [0.5, 0.6) is 0 Å². The summed E-state index contributed by atoms with van der Waals surface area (Å²) < 4.78 is 21.3. The number of ether oxygens (including phenoxy) is 4. The van der Waals surface area contributed by atoms with E-state index >= 15 is 0 Å². The molecule has 3 aliphatic rings. The van der Waals surface area contributed by atoms with Crippen LogP contribution in [0.1, 0.15) is 13.8 Å². The molecule has 2 amide bonds. The zero-order valence-corrected chi connectivity index (χ0v) is 13.6. The molecule has 6 atom stereocenters. The first-order valence-electron chi connectivity index (χ1n) is 7.43. The molecule has 2 saturated heterocycles. The maximum absolute atomic E-state index is 12.0. The smallest absolute Gasteiger partial charge is 0.410 e. The van der Waals surface area contributed by atoms with Gasteiger partial charge in [0.25, 0.3) is 0 Å². The van der Waals surface area contributed by atoms with Crippen molar-refractivity contribution in [1.29, 1.82) is 0 Å².